The zero-order valence-corrected chi connectivity index (χ0v) is 12.3. The second-order valence-electron chi connectivity index (χ2n) is 6.44. The molecule has 0 aromatic rings. The van der Waals surface area contributed by atoms with Crippen LogP contribution in [0.4, 0.5) is 0 Å². The number of hydrogen-bond donors (Lipinski definition) is 1. The molecule has 3 heteroatoms. The maximum absolute atomic E-state index is 6.03. The van der Waals surface area contributed by atoms with Gasteiger partial charge in [0.2, 0.25) is 0 Å². The molecule has 106 valence electrons. The third-order valence-corrected chi connectivity index (χ3v) is 5.02. The van der Waals surface area contributed by atoms with E-state index in [1.54, 1.807) is 0 Å². The Labute approximate surface area is 112 Å². The topological polar surface area (TPSA) is 38.5 Å². The summed E-state index contributed by atoms with van der Waals surface area (Å²) in [6.07, 6.45) is 8.54. The highest BCUT2D eigenvalue weighted by Gasteiger charge is 2.34. The Bertz CT molecular complexity index is 251. The van der Waals surface area contributed by atoms with E-state index in [0.717, 1.165) is 12.5 Å². The molecule has 0 aromatic heterocycles. The van der Waals surface area contributed by atoms with Crippen molar-refractivity contribution in [1.29, 1.82) is 0 Å². The zero-order chi connectivity index (χ0) is 13.1. The maximum Gasteiger partial charge on any atom is 0.0747 e. The molecular formula is C15H30N2O. The average molecular weight is 254 g/mol. The van der Waals surface area contributed by atoms with E-state index in [1.165, 1.54) is 38.5 Å². The molecule has 3 nitrogen and oxygen atoms in total. The fourth-order valence-corrected chi connectivity index (χ4v) is 3.62. The van der Waals surface area contributed by atoms with Crippen molar-refractivity contribution >= 4 is 0 Å². The van der Waals surface area contributed by atoms with Gasteiger partial charge in [-0.25, -0.2) is 0 Å². The zero-order valence-electron chi connectivity index (χ0n) is 12.3. The lowest BCUT2D eigenvalue weighted by Gasteiger charge is -2.40. The van der Waals surface area contributed by atoms with E-state index in [-0.39, 0.29) is 0 Å². The lowest BCUT2D eigenvalue weighted by atomic mass is 9.86. The van der Waals surface area contributed by atoms with Crippen LogP contribution in [0.2, 0.25) is 0 Å². The third-order valence-electron chi connectivity index (χ3n) is 5.02. The van der Waals surface area contributed by atoms with Crippen LogP contribution in [0.15, 0.2) is 0 Å². The summed E-state index contributed by atoms with van der Waals surface area (Å²) in [7, 11) is 2.25. The van der Waals surface area contributed by atoms with Gasteiger partial charge in [0.25, 0.3) is 0 Å². The first-order chi connectivity index (χ1) is 8.61. The minimum absolute atomic E-state index is 0.356. The molecule has 0 aromatic carbocycles. The first-order valence-electron chi connectivity index (χ1n) is 7.69. The predicted octanol–water partition coefficient (Wildman–Crippen LogP) is 2.39. The minimum atomic E-state index is 0.356. The Morgan fingerprint density at radius 1 is 1.11 bits per heavy atom. The van der Waals surface area contributed by atoms with Gasteiger partial charge in [-0.3, -0.25) is 4.90 Å². The average Bonchev–Trinajstić information content (AvgIpc) is 2.77. The smallest absolute Gasteiger partial charge is 0.0747 e. The van der Waals surface area contributed by atoms with E-state index in [1.807, 2.05) is 0 Å². The first-order valence-corrected chi connectivity index (χ1v) is 7.69. The molecule has 0 amide bonds. The summed E-state index contributed by atoms with van der Waals surface area (Å²) in [4.78, 5) is 2.52. The number of likely N-dealkylation sites (N-methyl/N-ethyl adjacent to an activating group) is 1. The van der Waals surface area contributed by atoms with E-state index >= 15 is 0 Å². The fourth-order valence-electron chi connectivity index (χ4n) is 3.62. The standard InChI is InChI=1S/C15H30N2O/c1-11-4-7-13(8-5-11)17(3)14(10-16)15-9-6-12(2)18-15/h11-15H,4-10,16H2,1-3H3. The summed E-state index contributed by atoms with van der Waals surface area (Å²) in [5.41, 5.74) is 6.01. The molecule has 3 atom stereocenters. The van der Waals surface area contributed by atoms with Crippen LogP contribution in [-0.4, -0.2) is 42.8 Å². The van der Waals surface area contributed by atoms with Crippen LogP contribution in [0.5, 0.6) is 0 Å². The van der Waals surface area contributed by atoms with E-state index in [0.29, 0.717) is 24.3 Å². The SMILES string of the molecule is CC1CCC(N(C)C(CN)C2CCC(C)O2)CC1. The molecule has 2 rings (SSSR count). The normalized spacial score (nSPS) is 39.2. The van der Waals surface area contributed by atoms with E-state index in [2.05, 4.69) is 25.8 Å². The molecule has 1 saturated carbocycles. The van der Waals surface area contributed by atoms with Crippen LogP contribution in [-0.2, 0) is 4.74 Å². The van der Waals surface area contributed by atoms with Crippen LogP contribution in [0, 0.1) is 5.92 Å². The molecule has 1 aliphatic carbocycles. The lowest BCUT2D eigenvalue weighted by molar-refractivity contribution is -0.0147. The first kappa shape index (κ1) is 14.3. The quantitative estimate of drug-likeness (QED) is 0.837. The van der Waals surface area contributed by atoms with E-state index in [9.17, 15) is 0 Å². The van der Waals surface area contributed by atoms with Gasteiger partial charge in [0.15, 0.2) is 0 Å². The molecule has 0 spiro atoms. The van der Waals surface area contributed by atoms with Crippen molar-refractivity contribution in [1.82, 2.24) is 4.90 Å². The van der Waals surface area contributed by atoms with Crippen molar-refractivity contribution in [2.45, 2.75) is 76.7 Å². The molecule has 1 heterocycles. The predicted molar refractivity (Wildman–Crippen MR) is 75.6 cm³/mol. The molecule has 0 radical (unpaired) electrons. The monoisotopic (exact) mass is 254 g/mol. The fraction of sp³-hybridized carbons (Fsp3) is 1.00. The summed E-state index contributed by atoms with van der Waals surface area (Å²) < 4.78 is 6.03. The number of ether oxygens (including phenoxy) is 1. The maximum atomic E-state index is 6.03. The Balaban J connectivity index is 1.90. The number of nitrogens with zero attached hydrogens (tertiary/aromatic N) is 1. The molecule has 2 aliphatic rings. The van der Waals surface area contributed by atoms with Gasteiger partial charge in [-0.1, -0.05) is 6.92 Å². The van der Waals surface area contributed by atoms with Gasteiger partial charge in [0, 0.05) is 18.6 Å². The molecule has 2 fully saturated rings. The van der Waals surface area contributed by atoms with E-state index in [4.69, 9.17) is 10.5 Å². The van der Waals surface area contributed by atoms with Crippen molar-refractivity contribution < 1.29 is 4.74 Å². The van der Waals surface area contributed by atoms with E-state index < -0.39 is 0 Å². The van der Waals surface area contributed by atoms with Crippen molar-refractivity contribution in [2.75, 3.05) is 13.6 Å². The van der Waals surface area contributed by atoms with Gasteiger partial charge in [-0.15, -0.1) is 0 Å². The lowest BCUT2D eigenvalue weighted by Crippen LogP contribution is -2.51. The van der Waals surface area contributed by atoms with Gasteiger partial charge in [-0.2, -0.15) is 0 Å². The van der Waals surface area contributed by atoms with Crippen LogP contribution in [0.1, 0.15) is 52.4 Å². The van der Waals surface area contributed by atoms with Crippen molar-refractivity contribution in [2.24, 2.45) is 11.7 Å². The number of rotatable bonds is 4. The van der Waals surface area contributed by atoms with Crippen LogP contribution < -0.4 is 5.73 Å². The highest BCUT2D eigenvalue weighted by molar-refractivity contribution is 4.88. The van der Waals surface area contributed by atoms with Crippen LogP contribution >= 0.6 is 0 Å². The summed E-state index contributed by atoms with van der Waals surface area (Å²) >= 11 is 0. The van der Waals surface area contributed by atoms with Crippen LogP contribution in [0.25, 0.3) is 0 Å². The van der Waals surface area contributed by atoms with Gasteiger partial charge in [0.1, 0.15) is 0 Å². The summed E-state index contributed by atoms with van der Waals surface area (Å²) in [5, 5.41) is 0. The summed E-state index contributed by atoms with van der Waals surface area (Å²) in [6, 6.07) is 1.13. The third kappa shape index (κ3) is 3.25. The Hall–Kier alpha value is -0.120. The summed E-state index contributed by atoms with van der Waals surface area (Å²) in [5.74, 6) is 0.911. The molecule has 18 heavy (non-hydrogen) atoms. The Morgan fingerprint density at radius 3 is 2.28 bits per heavy atom. The number of nitrogens with two attached hydrogens (primary N) is 1. The van der Waals surface area contributed by atoms with Crippen LogP contribution in [0.3, 0.4) is 0 Å². The molecule has 1 saturated heterocycles. The molecule has 3 unspecified atom stereocenters. The molecular weight excluding hydrogens is 224 g/mol. The Morgan fingerprint density at radius 2 is 1.78 bits per heavy atom. The molecule has 2 N–H and O–H groups in total. The van der Waals surface area contributed by atoms with Crippen molar-refractivity contribution in [3.8, 4) is 0 Å². The van der Waals surface area contributed by atoms with Crippen molar-refractivity contribution in [3.05, 3.63) is 0 Å². The second kappa shape index (κ2) is 6.36. The minimum Gasteiger partial charge on any atom is -0.374 e. The van der Waals surface area contributed by atoms with Gasteiger partial charge in [-0.05, 0) is 58.4 Å². The highest BCUT2D eigenvalue weighted by atomic mass is 16.5. The van der Waals surface area contributed by atoms with Crippen molar-refractivity contribution in [3.63, 3.8) is 0 Å². The Kier molecular flexibility index (Phi) is 5.05. The largest absolute Gasteiger partial charge is 0.374 e. The van der Waals surface area contributed by atoms with Gasteiger partial charge < -0.3 is 10.5 Å². The van der Waals surface area contributed by atoms with Gasteiger partial charge in [0.05, 0.1) is 12.2 Å². The molecule has 1 aliphatic heterocycles. The van der Waals surface area contributed by atoms with Gasteiger partial charge >= 0.3 is 0 Å². The second-order valence-corrected chi connectivity index (χ2v) is 6.44. The summed E-state index contributed by atoms with van der Waals surface area (Å²) in [6.45, 7) is 5.27. The molecule has 0 bridgehead atoms. The highest BCUT2D eigenvalue weighted by Crippen LogP contribution is 2.30. The number of hydrogen-bond acceptors (Lipinski definition) is 3.